The number of hydrogen-bond donors (Lipinski definition) is 1. The Balaban J connectivity index is 1.48. The van der Waals surface area contributed by atoms with Crippen LogP contribution in [0.1, 0.15) is 56.9 Å². The summed E-state index contributed by atoms with van der Waals surface area (Å²) in [5, 5.41) is 3.50. The van der Waals surface area contributed by atoms with Gasteiger partial charge in [-0.1, -0.05) is 41.4 Å². The number of ketones is 2. The lowest BCUT2D eigenvalue weighted by atomic mass is 9.70. The fraction of sp³-hybridized carbons (Fsp3) is 0.345. The normalized spacial score (nSPS) is 18.1. The van der Waals surface area contributed by atoms with Crippen molar-refractivity contribution >= 4 is 46.4 Å². The number of benzene rings is 2. The van der Waals surface area contributed by atoms with Crippen LogP contribution in [0.5, 0.6) is 5.75 Å². The van der Waals surface area contributed by atoms with E-state index in [9.17, 15) is 14.4 Å². The van der Waals surface area contributed by atoms with Crippen LogP contribution in [0.15, 0.2) is 65.0 Å². The van der Waals surface area contributed by atoms with Gasteiger partial charge in [0.15, 0.2) is 18.2 Å². The highest BCUT2D eigenvalue weighted by Gasteiger charge is 2.43. The lowest BCUT2D eigenvalue weighted by molar-refractivity contribution is -0.119. The molecule has 2 aliphatic carbocycles. The maximum absolute atomic E-state index is 13.3. The van der Waals surface area contributed by atoms with Crippen LogP contribution in [0.4, 0.5) is 5.69 Å². The molecule has 0 saturated carbocycles. The van der Waals surface area contributed by atoms with Gasteiger partial charge >= 0.3 is 0 Å². The highest BCUT2D eigenvalue weighted by molar-refractivity contribution is 6.42. The Labute approximate surface area is 226 Å². The highest BCUT2D eigenvalue weighted by atomic mass is 35.5. The van der Waals surface area contributed by atoms with Gasteiger partial charge in [0.2, 0.25) is 0 Å². The van der Waals surface area contributed by atoms with E-state index in [1.165, 1.54) is 0 Å². The maximum Gasteiger partial charge on any atom is 0.262 e. The minimum absolute atomic E-state index is 0.0850. The van der Waals surface area contributed by atoms with Crippen molar-refractivity contribution in [2.24, 2.45) is 0 Å². The number of carbonyl (C=O) groups excluding carboxylic acids is 3. The molecule has 8 heteroatoms. The summed E-state index contributed by atoms with van der Waals surface area (Å²) in [6, 6.07) is 12.2. The number of carbonyl (C=O) groups is 3. The van der Waals surface area contributed by atoms with Crippen molar-refractivity contribution in [2.75, 3.05) is 18.5 Å². The second-order valence-corrected chi connectivity index (χ2v) is 10.3. The number of nitrogens with one attached hydrogen (secondary N) is 1. The molecule has 0 unspecified atom stereocenters. The molecule has 0 atom stereocenters. The van der Waals surface area contributed by atoms with Gasteiger partial charge in [0.05, 0.1) is 10.0 Å². The van der Waals surface area contributed by atoms with Crippen molar-refractivity contribution in [1.29, 1.82) is 0 Å². The third-order valence-electron chi connectivity index (χ3n) is 7.19. The SMILES string of the molecule is CCN1C2=C(C(=O)CCC2)C(c2ccccc2OCC(=O)Nc2ccc(Cl)c(Cl)c2)C2=C1CCCC2=O. The third kappa shape index (κ3) is 4.92. The summed E-state index contributed by atoms with van der Waals surface area (Å²) in [6.07, 6.45) is 4.18. The van der Waals surface area contributed by atoms with Gasteiger partial charge in [-0.25, -0.2) is 0 Å². The van der Waals surface area contributed by atoms with E-state index in [2.05, 4.69) is 17.1 Å². The molecule has 2 aromatic rings. The molecule has 1 aliphatic heterocycles. The van der Waals surface area contributed by atoms with Crippen LogP contribution in [0.2, 0.25) is 10.0 Å². The van der Waals surface area contributed by atoms with Gasteiger partial charge < -0.3 is 15.0 Å². The Hall–Kier alpha value is -3.09. The number of ether oxygens (including phenoxy) is 1. The number of para-hydroxylation sites is 1. The van der Waals surface area contributed by atoms with E-state index >= 15 is 0 Å². The van der Waals surface area contributed by atoms with E-state index in [0.29, 0.717) is 45.5 Å². The first-order valence-corrected chi connectivity index (χ1v) is 13.4. The van der Waals surface area contributed by atoms with Crippen molar-refractivity contribution in [3.05, 3.63) is 80.6 Å². The van der Waals surface area contributed by atoms with Crippen LogP contribution in [0.25, 0.3) is 0 Å². The van der Waals surface area contributed by atoms with Crippen molar-refractivity contribution in [2.45, 2.75) is 51.4 Å². The average Bonchev–Trinajstić information content (AvgIpc) is 2.89. The van der Waals surface area contributed by atoms with Gasteiger partial charge in [0, 0.05) is 59.1 Å². The first-order valence-electron chi connectivity index (χ1n) is 12.7. The maximum atomic E-state index is 13.3. The molecular formula is C29H28Cl2N2O4. The number of hydrogen-bond acceptors (Lipinski definition) is 5. The zero-order chi connectivity index (χ0) is 26.1. The molecule has 2 aromatic carbocycles. The molecule has 3 aliphatic rings. The topological polar surface area (TPSA) is 75.7 Å². The van der Waals surface area contributed by atoms with Crippen LogP contribution in [0, 0.1) is 0 Å². The van der Waals surface area contributed by atoms with Crippen LogP contribution in [0.3, 0.4) is 0 Å². The second-order valence-electron chi connectivity index (χ2n) is 9.46. The van der Waals surface area contributed by atoms with Crippen LogP contribution in [-0.2, 0) is 14.4 Å². The highest BCUT2D eigenvalue weighted by Crippen LogP contribution is 2.50. The Morgan fingerprint density at radius 3 is 2.22 bits per heavy atom. The summed E-state index contributed by atoms with van der Waals surface area (Å²) in [7, 11) is 0. The summed E-state index contributed by atoms with van der Waals surface area (Å²) >= 11 is 12.0. The number of allylic oxidation sites excluding steroid dienone is 4. The molecule has 0 bridgehead atoms. The van der Waals surface area contributed by atoms with Gasteiger partial charge in [0.1, 0.15) is 5.75 Å². The van der Waals surface area contributed by atoms with Crippen molar-refractivity contribution in [3.63, 3.8) is 0 Å². The van der Waals surface area contributed by atoms with E-state index < -0.39 is 5.92 Å². The molecule has 0 spiro atoms. The fourth-order valence-corrected chi connectivity index (χ4v) is 5.97. The number of amides is 1. The molecule has 6 nitrogen and oxygen atoms in total. The van der Waals surface area contributed by atoms with Gasteiger partial charge in [-0.2, -0.15) is 0 Å². The summed E-state index contributed by atoms with van der Waals surface area (Å²) in [5.74, 6) is -0.195. The molecule has 0 radical (unpaired) electrons. The Morgan fingerprint density at radius 2 is 1.59 bits per heavy atom. The zero-order valence-electron chi connectivity index (χ0n) is 20.6. The van der Waals surface area contributed by atoms with Crippen molar-refractivity contribution in [1.82, 2.24) is 4.90 Å². The van der Waals surface area contributed by atoms with E-state index in [0.717, 1.165) is 49.2 Å². The summed E-state index contributed by atoms with van der Waals surface area (Å²) in [5.41, 5.74) is 4.73. The molecule has 37 heavy (non-hydrogen) atoms. The van der Waals surface area contributed by atoms with Crippen molar-refractivity contribution in [3.8, 4) is 5.75 Å². The van der Waals surface area contributed by atoms with Gasteiger partial charge in [-0.15, -0.1) is 0 Å². The van der Waals surface area contributed by atoms with Crippen LogP contribution in [-0.4, -0.2) is 35.5 Å². The van der Waals surface area contributed by atoms with Gasteiger partial charge in [-0.05, 0) is 56.9 Å². The van der Waals surface area contributed by atoms with E-state index in [4.69, 9.17) is 27.9 Å². The molecular weight excluding hydrogens is 511 g/mol. The van der Waals surface area contributed by atoms with E-state index in [1.54, 1.807) is 24.3 Å². The molecule has 1 amide bonds. The van der Waals surface area contributed by atoms with Crippen LogP contribution >= 0.6 is 23.2 Å². The number of anilines is 1. The number of nitrogens with zero attached hydrogens (tertiary/aromatic N) is 1. The first-order chi connectivity index (χ1) is 17.9. The second kappa shape index (κ2) is 10.7. The quantitative estimate of drug-likeness (QED) is 0.457. The minimum Gasteiger partial charge on any atom is -0.483 e. The Bertz CT molecular complexity index is 1300. The lowest BCUT2D eigenvalue weighted by Crippen LogP contribution is -2.39. The predicted octanol–water partition coefficient (Wildman–Crippen LogP) is 6.44. The standard InChI is InChI=1S/C29H28Cl2N2O4/c1-2-33-21-8-5-10-23(34)28(21)27(29-22(33)9-6-11-24(29)35)18-7-3-4-12-25(18)37-16-26(36)32-17-13-14-19(30)20(31)15-17/h3-4,7,12-15,27H,2,5-6,8-11,16H2,1H3,(H,32,36). The van der Waals surface area contributed by atoms with Gasteiger partial charge in [-0.3, -0.25) is 14.4 Å². The fourth-order valence-electron chi connectivity index (χ4n) is 5.67. The van der Waals surface area contributed by atoms with E-state index in [1.807, 2.05) is 18.2 Å². The molecule has 0 saturated heterocycles. The monoisotopic (exact) mass is 538 g/mol. The number of Topliss-reactive ketones (excluding diaryl/α,β-unsaturated/α-hetero) is 2. The van der Waals surface area contributed by atoms with E-state index in [-0.39, 0.29) is 24.1 Å². The summed E-state index contributed by atoms with van der Waals surface area (Å²) in [6.45, 7) is 2.54. The zero-order valence-corrected chi connectivity index (χ0v) is 22.1. The summed E-state index contributed by atoms with van der Waals surface area (Å²) in [4.78, 5) is 41.6. The predicted molar refractivity (Wildman–Crippen MR) is 144 cm³/mol. The lowest BCUT2D eigenvalue weighted by Gasteiger charge is -2.43. The molecule has 5 rings (SSSR count). The number of halogens is 2. The molecule has 0 fully saturated rings. The van der Waals surface area contributed by atoms with Crippen molar-refractivity contribution < 1.29 is 19.1 Å². The Kier molecular flexibility index (Phi) is 7.40. The molecule has 0 aromatic heterocycles. The average molecular weight is 539 g/mol. The third-order valence-corrected chi connectivity index (χ3v) is 7.93. The van der Waals surface area contributed by atoms with Gasteiger partial charge in [0.25, 0.3) is 5.91 Å². The van der Waals surface area contributed by atoms with Crippen LogP contribution < -0.4 is 10.1 Å². The molecule has 192 valence electrons. The number of rotatable bonds is 6. The largest absolute Gasteiger partial charge is 0.483 e. The Morgan fingerprint density at radius 1 is 0.946 bits per heavy atom. The molecule has 1 N–H and O–H groups in total. The first kappa shape index (κ1) is 25.6. The minimum atomic E-state index is -0.484. The molecule has 1 heterocycles. The summed E-state index contributed by atoms with van der Waals surface area (Å²) < 4.78 is 6.01. The smallest absolute Gasteiger partial charge is 0.262 e.